The maximum Gasteiger partial charge on any atom is 0.309 e. The predicted molar refractivity (Wildman–Crippen MR) is 91.4 cm³/mol. The Morgan fingerprint density at radius 1 is 1.24 bits per heavy atom. The molecule has 1 saturated heterocycles. The lowest BCUT2D eigenvalue weighted by atomic mass is 9.98. The normalized spacial score (nSPS) is 24.0. The molecular formula is C16H18Cl2FNO4S. The van der Waals surface area contributed by atoms with Crippen LogP contribution in [0, 0.1) is 17.7 Å². The van der Waals surface area contributed by atoms with E-state index in [4.69, 9.17) is 27.9 Å². The summed E-state index contributed by atoms with van der Waals surface area (Å²) in [5, 5.41) is 0. The fourth-order valence-corrected chi connectivity index (χ4v) is 4.81. The lowest BCUT2D eigenvalue weighted by molar-refractivity contribution is -0.150. The van der Waals surface area contributed by atoms with Crippen molar-refractivity contribution in [3.05, 3.63) is 30.1 Å². The van der Waals surface area contributed by atoms with E-state index in [1.54, 1.807) is 0 Å². The molecule has 3 rings (SSSR count). The summed E-state index contributed by atoms with van der Waals surface area (Å²) in [5.74, 6) is -1.19. The van der Waals surface area contributed by atoms with Crippen LogP contribution in [0.1, 0.15) is 19.3 Å². The van der Waals surface area contributed by atoms with Crippen LogP contribution in [0.3, 0.4) is 0 Å². The molecule has 0 aromatic heterocycles. The molecule has 1 aromatic rings. The Morgan fingerprint density at radius 2 is 1.80 bits per heavy atom. The van der Waals surface area contributed by atoms with E-state index in [1.165, 1.54) is 16.4 Å². The number of carbonyl (C=O) groups is 1. The van der Waals surface area contributed by atoms with Crippen LogP contribution in [-0.2, 0) is 19.6 Å². The van der Waals surface area contributed by atoms with Gasteiger partial charge in [0.05, 0.1) is 17.4 Å². The zero-order valence-electron chi connectivity index (χ0n) is 13.3. The topological polar surface area (TPSA) is 63.7 Å². The van der Waals surface area contributed by atoms with Gasteiger partial charge in [-0.15, -0.1) is 23.2 Å². The molecule has 5 nitrogen and oxygen atoms in total. The third-order valence-corrected chi connectivity index (χ3v) is 7.46. The monoisotopic (exact) mass is 409 g/mol. The molecule has 1 aliphatic heterocycles. The molecule has 2 aliphatic rings. The third-order valence-electron chi connectivity index (χ3n) is 4.62. The second-order valence-electron chi connectivity index (χ2n) is 6.42. The van der Waals surface area contributed by atoms with Crippen LogP contribution in [0.25, 0.3) is 0 Å². The van der Waals surface area contributed by atoms with Crippen LogP contribution in [-0.4, -0.2) is 42.7 Å². The fourth-order valence-electron chi connectivity index (χ4n) is 2.84. The van der Waals surface area contributed by atoms with Crippen molar-refractivity contribution in [3.63, 3.8) is 0 Å². The van der Waals surface area contributed by atoms with E-state index < -0.39 is 20.2 Å². The van der Waals surface area contributed by atoms with Crippen LogP contribution in [0.15, 0.2) is 29.2 Å². The molecule has 138 valence electrons. The molecule has 0 N–H and O–H groups in total. The molecule has 1 saturated carbocycles. The van der Waals surface area contributed by atoms with Crippen molar-refractivity contribution in [3.8, 4) is 0 Å². The highest BCUT2D eigenvalue weighted by Gasteiger charge is 2.52. The van der Waals surface area contributed by atoms with Crippen LogP contribution in [0.4, 0.5) is 4.39 Å². The maximum atomic E-state index is 13.0. The number of alkyl halides is 2. The molecule has 1 heterocycles. The number of piperidine rings is 1. The quantitative estimate of drug-likeness (QED) is 0.553. The summed E-state index contributed by atoms with van der Waals surface area (Å²) in [6.45, 7) is 0.635. The van der Waals surface area contributed by atoms with Crippen molar-refractivity contribution < 1.29 is 22.3 Å². The number of hydrogen-bond acceptors (Lipinski definition) is 4. The number of carbonyl (C=O) groups excluding carboxylic acids is 1. The number of rotatable bonds is 5. The molecule has 0 radical (unpaired) electrons. The maximum absolute atomic E-state index is 13.0. The number of halogens is 3. The lowest BCUT2D eigenvalue weighted by Crippen LogP contribution is -2.40. The molecule has 1 aliphatic carbocycles. The second kappa shape index (κ2) is 7.02. The summed E-state index contributed by atoms with van der Waals surface area (Å²) in [7, 11) is -3.68. The standard InChI is InChI=1S/C16H18Cl2FNO4S/c17-16(18)9-12(16)10-24-15(21)11-5-7-20(8-6-11)25(22,23)14-3-1-13(19)2-4-14/h1-4,11-12H,5-10H2/t12-/m1/s1. The van der Waals surface area contributed by atoms with Gasteiger partial charge in [-0.2, -0.15) is 4.31 Å². The molecule has 2 fully saturated rings. The molecular weight excluding hydrogens is 392 g/mol. The van der Waals surface area contributed by atoms with Crippen molar-refractivity contribution in [2.24, 2.45) is 11.8 Å². The van der Waals surface area contributed by atoms with E-state index in [0.717, 1.165) is 12.1 Å². The van der Waals surface area contributed by atoms with Crippen LogP contribution >= 0.6 is 23.2 Å². The third kappa shape index (κ3) is 4.27. The van der Waals surface area contributed by atoms with Gasteiger partial charge in [0.15, 0.2) is 0 Å². The Bertz CT molecular complexity index is 746. The molecule has 25 heavy (non-hydrogen) atoms. The molecule has 1 atom stereocenters. The smallest absolute Gasteiger partial charge is 0.309 e. The Kier molecular flexibility index (Phi) is 5.31. The molecule has 0 spiro atoms. The van der Waals surface area contributed by atoms with E-state index in [-0.39, 0.29) is 42.4 Å². The summed E-state index contributed by atoms with van der Waals surface area (Å²) in [5.41, 5.74) is 0. The van der Waals surface area contributed by atoms with Crippen molar-refractivity contribution in [1.82, 2.24) is 4.31 Å². The van der Waals surface area contributed by atoms with Crippen molar-refractivity contribution in [2.75, 3.05) is 19.7 Å². The van der Waals surface area contributed by atoms with Crippen molar-refractivity contribution in [1.29, 1.82) is 0 Å². The molecule has 0 unspecified atom stereocenters. The summed E-state index contributed by atoms with van der Waals surface area (Å²) in [4.78, 5) is 12.1. The molecule has 9 heteroatoms. The highest BCUT2D eigenvalue weighted by Crippen LogP contribution is 2.53. The SMILES string of the molecule is O=C(OC[C@H]1CC1(Cl)Cl)C1CCN(S(=O)(=O)c2ccc(F)cc2)CC1. The number of hydrogen-bond donors (Lipinski definition) is 0. The minimum Gasteiger partial charge on any atom is -0.465 e. The number of sulfonamides is 1. The van der Waals surface area contributed by atoms with Gasteiger partial charge in [0.25, 0.3) is 0 Å². The Labute approximate surface area is 156 Å². The van der Waals surface area contributed by atoms with Gasteiger partial charge in [-0.25, -0.2) is 12.8 Å². The first kappa shape index (κ1) is 18.9. The number of ether oxygens (including phenoxy) is 1. The first-order valence-corrected chi connectivity index (χ1v) is 10.2. The van der Waals surface area contributed by atoms with E-state index in [0.29, 0.717) is 19.3 Å². The highest BCUT2D eigenvalue weighted by molar-refractivity contribution is 7.89. The van der Waals surface area contributed by atoms with Gasteiger partial charge in [-0.05, 0) is 43.5 Å². The van der Waals surface area contributed by atoms with Crippen LogP contribution in [0.2, 0.25) is 0 Å². The number of benzene rings is 1. The van der Waals surface area contributed by atoms with Gasteiger partial charge in [-0.1, -0.05) is 0 Å². The van der Waals surface area contributed by atoms with Gasteiger partial charge in [0.1, 0.15) is 10.2 Å². The first-order chi connectivity index (χ1) is 11.7. The molecule has 0 bridgehead atoms. The Hall–Kier alpha value is -0.890. The zero-order valence-corrected chi connectivity index (χ0v) is 15.7. The fraction of sp³-hybridized carbons (Fsp3) is 0.562. The number of esters is 1. The van der Waals surface area contributed by atoms with Gasteiger partial charge in [-0.3, -0.25) is 4.79 Å². The second-order valence-corrected chi connectivity index (χ2v) is 9.90. The highest BCUT2D eigenvalue weighted by atomic mass is 35.5. The van der Waals surface area contributed by atoms with Gasteiger partial charge < -0.3 is 4.74 Å². The summed E-state index contributed by atoms with van der Waals surface area (Å²) < 4.78 is 43.8. The predicted octanol–water partition coefficient (Wildman–Crippen LogP) is 2.96. The van der Waals surface area contributed by atoms with Crippen molar-refractivity contribution in [2.45, 2.75) is 28.5 Å². The van der Waals surface area contributed by atoms with Crippen molar-refractivity contribution >= 4 is 39.2 Å². The Balaban J connectivity index is 1.52. The van der Waals surface area contributed by atoms with Gasteiger partial charge in [0, 0.05) is 19.0 Å². The minimum absolute atomic E-state index is 0.0290. The van der Waals surface area contributed by atoms with Gasteiger partial charge in [0.2, 0.25) is 10.0 Å². The average molecular weight is 410 g/mol. The van der Waals surface area contributed by atoms with Gasteiger partial charge >= 0.3 is 5.97 Å². The molecule has 0 amide bonds. The van der Waals surface area contributed by atoms with E-state index in [9.17, 15) is 17.6 Å². The van der Waals surface area contributed by atoms with E-state index >= 15 is 0 Å². The van der Waals surface area contributed by atoms with E-state index in [2.05, 4.69) is 0 Å². The Morgan fingerprint density at radius 3 is 2.32 bits per heavy atom. The van der Waals surface area contributed by atoms with Crippen LogP contribution in [0.5, 0.6) is 0 Å². The van der Waals surface area contributed by atoms with E-state index in [1.807, 2.05) is 0 Å². The summed E-state index contributed by atoms with van der Waals surface area (Å²) >= 11 is 11.8. The zero-order chi connectivity index (χ0) is 18.2. The van der Waals surface area contributed by atoms with Crippen LogP contribution < -0.4 is 0 Å². The minimum atomic E-state index is -3.68. The summed E-state index contributed by atoms with van der Waals surface area (Å²) in [6, 6.07) is 4.71. The first-order valence-electron chi connectivity index (χ1n) is 8.00. The summed E-state index contributed by atoms with van der Waals surface area (Å²) in [6.07, 6.45) is 1.38. The molecule has 1 aromatic carbocycles. The lowest BCUT2D eigenvalue weighted by Gasteiger charge is -2.30. The average Bonchev–Trinajstić information content (AvgIpc) is 3.20. The largest absolute Gasteiger partial charge is 0.465 e. The number of nitrogens with zero attached hydrogens (tertiary/aromatic N) is 1.